The van der Waals surface area contributed by atoms with E-state index in [1.807, 2.05) is 20.8 Å². The van der Waals surface area contributed by atoms with Gasteiger partial charge in [-0.2, -0.15) is 22.2 Å². The fraction of sp³-hybridized carbons (Fsp3) is 0.615. The van der Waals surface area contributed by atoms with Gasteiger partial charge in [0.25, 0.3) is 5.56 Å². The van der Waals surface area contributed by atoms with Crippen molar-refractivity contribution in [2.75, 3.05) is 24.2 Å². The Morgan fingerprint density at radius 1 is 1.52 bits per heavy atom. The summed E-state index contributed by atoms with van der Waals surface area (Å²) in [6.07, 6.45) is 1.57. The van der Waals surface area contributed by atoms with Crippen LogP contribution in [-0.4, -0.2) is 44.0 Å². The van der Waals surface area contributed by atoms with Crippen molar-refractivity contribution in [3.8, 4) is 0 Å². The topological polar surface area (TPSA) is 76.2 Å². The summed E-state index contributed by atoms with van der Waals surface area (Å²) in [4.78, 5) is 17.2. The second-order valence-electron chi connectivity index (χ2n) is 6.06. The number of thiol groups is 1. The zero-order chi connectivity index (χ0) is 15.2. The molecule has 0 saturated carbocycles. The highest BCUT2D eigenvalue weighted by Gasteiger charge is 2.24. The van der Waals surface area contributed by atoms with E-state index in [0.29, 0.717) is 29.0 Å². The minimum absolute atomic E-state index is 0.0890. The number of hydrogen-bond donors (Lipinski definition) is 3. The standard InChI is InChI=1S/C13H20N6OS/c1-8-10-11(20)18(13(2,3)6-21)7-15-19(10)12(16-8)17-9-4-14-5-9/h7,9,14,21H,4-6H2,1-3H3,(H,16,17). The molecule has 1 saturated heterocycles. The van der Waals surface area contributed by atoms with Crippen LogP contribution in [0.25, 0.3) is 5.52 Å². The molecule has 21 heavy (non-hydrogen) atoms. The average molecular weight is 308 g/mol. The van der Waals surface area contributed by atoms with Crippen LogP contribution in [0.1, 0.15) is 19.5 Å². The van der Waals surface area contributed by atoms with Gasteiger partial charge < -0.3 is 10.6 Å². The summed E-state index contributed by atoms with van der Waals surface area (Å²) in [5, 5.41) is 10.9. The summed E-state index contributed by atoms with van der Waals surface area (Å²) in [6.45, 7) is 7.56. The first-order chi connectivity index (χ1) is 9.94. The largest absolute Gasteiger partial charge is 0.349 e. The molecule has 0 amide bonds. The Morgan fingerprint density at radius 3 is 2.81 bits per heavy atom. The molecule has 2 aromatic heterocycles. The number of nitrogens with zero attached hydrogens (tertiary/aromatic N) is 4. The quantitative estimate of drug-likeness (QED) is 0.706. The number of nitrogens with one attached hydrogen (secondary N) is 2. The van der Waals surface area contributed by atoms with E-state index in [2.05, 4.69) is 33.3 Å². The van der Waals surface area contributed by atoms with Gasteiger partial charge in [-0.1, -0.05) is 0 Å². The molecule has 8 heteroatoms. The molecule has 1 aliphatic heterocycles. The van der Waals surface area contributed by atoms with Crippen LogP contribution in [0.4, 0.5) is 5.95 Å². The molecule has 114 valence electrons. The zero-order valence-corrected chi connectivity index (χ0v) is 13.3. The maximum atomic E-state index is 12.7. The van der Waals surface area contributed by atoms with Crippen LogP contribution in [-0.2, 0) is 5.54 Å². The summed E-state index contributed by atoms with van der Waals surface area (Å²) in [5.74, 6) is 1.18. The van der Waals surface area contributed by atoms with E-state index in [-0.39, 0.29) is 5.56 Å². The molecule has 7 nitrogen and oxygen atoms in total. The maximum absolute atomic E-state index is 12.7. The van der Waals surface area contributed by atoms with Crippen molar-refractivity contribution in [2.24, 2.45) is 0 Å². The fourth-order valence-corrected chi connectivity index (χ4v) is 2.47. The highest BCUT2D eigenvalue weighted by Crippen LogP contribution is 2.17. The van der Waals surface area contributed by atoms with E-state index in [9.17, 15) is 4.79 Å². The number of anilines is 1. The lowest BCUT2D eigenvalue weighted by atomic mass is 10.1. The van der Waals surface area contributed by atoms with Crippen LogP contribution < -0.4 is 16.2 Å². The lowest BCUT2D eigenvalue weighted by Crippen LogP contribution is -2.51. The molecule has 0 radical (unpaired) electrons. The molecular weight excluding hydrogens is 288 g/mol. The van der Waals surface area contributed by atoms with Crippen molar-refractivity contribution >= 4 is 24.1 Å². The van der Waals surface area contributed by atoms with Gasteiger partial charge in [0.05, 0.1) is 17.3 Å². The van der Waals surface area contributed by atoms with Gasteiger partial charge in [0.15, 0.2) is 5.52 Å². The van der Waals surface area contributed by atoms with Gasteiger partial charge >= 0.3 is 0 Å². The highest BCUT2D eigenvalue weighted by molar-refractivity contribution is 7.80. The molecule has 0 aromatic carbocycles. The molecule has 0 aliphatic carbocycles. The first-order valence-corrected chi connectivity index (χ1v) is 7.63. The maximum Gasteiger partial charge on any atom is 0.280 e. The number of aryl methyl sites for hydroxylation is 1. The average Bonchev–Trinajstić information content (AvgIpc) is 2.71. The zero-order valence-electron chi connectivity index (χ0n) is 12.4. The lowest BCUT2D eigenvalue weighted by Gasteiger charge is -2.28. The van der Waals surface area contributed by atoms with Gasteiger partial charge in [-0.25, -0.2) is 4.98 Å². The first-order valence-electron chi connectivity index (χ1n) is 6.99. The third kappa shape index (κ3) is 2.32. The van der Waals surface area contributed by atoms with Crippen LogP contribution in [0.2, 0.25) is 0 Å². The van der Waals surface area contributed by atoms with E-state index < -0.39 is 5.54 Å². The van der Waals surface area contributed by atoms with Gasteiger partial charge in [-0.15, -0.1) is 0 Å². The predicted molar refractivity (Wildman–Crippen MR) is 85.4 cm³/mol. The van der Waals surface area contributed by atoms with Crippen LogP contribution in [0.15, 0.2) is 11.1 Å². The summed E-state index contributed by atoms with van der Waals surface area (Å²) in [5.41, 5.74) is 0.722. The number of rotatable bonds is 4. The second kappa shape index (κ2) is 5.03. The van der Waals surface area contributed by atoms with Gasteiger partial charge in [0.1, 0.15) is 6.33 Å². The molecular formula is C13H20N6OS. The van der Waals surface area contributed by atoms with Crippen molar-refractivity contribution in [3.63, 3.8) is 0 Å². The second-order valence-corrected chi connectivity index (χ2v) is 6.37. The number of imidazole rings is 1. The SMILES string of the molecule is Cc1nc(NC2CNC2)n2ncn(C(C)(C)CS)c(=O)c12. The minimum atomic E-state index is -0.392. The van der Waals surface area contributed by atoms with Crippen molar-refractivity contribution in [3.05, 3.63) is 22.4 Å². The molecule has 0 atom stereocenters. The van der Waals surface area contributed by atoms with Crippen LogP contribution in [0, 0.1) is 6.92 Å². The molecule has 0 unspecified atom stereocenters. The molecule has 0 bridgehead atoms. The van der Waals surface area contributed by atoms with Crippen LogP contribution >= 0.6 is 12.6 Å². The Balaban J connectivity index is 2.12. The highest BCUT2D eigenvalue weighted by atomic mass is 32.1. The van der Waals surface area contributed by atoms with Crippen molar-refractivity contribution in [1.82, 2.24) is 24.5 Å². The van der Waals surface area contributed by atoms with Gasteiger partial charge in [0, 0.05) is 18.8 Å². The third-order valence-electron chi connectivity index (χ3n) is 3.89. The minimum Gasteiger partial charge on any atom is -0.349 e. The predicted octanol–water partition coefficient (Wildman–Crippen LogP) is 0.248. The van der Waals surface area contributed by atoms with E-state index in [4.69, 9.17) is 0 Å². The lowest BCUT2D eigenvalue weighted by molar-refractivity contribution is 0.386. The monoisotopic (exact) mass is 308 g/mol. The fourth-order valence-electron chi connectivity index (χ4n) is 2.32. The Bertz CT molecular complexity index is 730. The van der Waals surface area contributed by atoms with E-state index in [0.717, 1.165) is 13.1 Å². The smallest absolute Gasteiger partial charge is 0.280 e. The Labute approximate surface area is 128 Å². The van der Waals surface area contributed by atoms with Crippen molar-refractivity contribution in [2.45, 2.75) is 32.4 Å². The molecule has 1 fully saturated rings. The molecule has 3 rings (SSSR count). The Morgan fingerprint density at radius 2 is 2.24 bits per heavy atom. The van der Waals surface area contributed by atoms with E-state index in [1.165, 1.54) is 0 Å². The molecule has 1 aliphatic rings. The van der Waals surface area contributed by atoms with Gasteiger partial charge in [-0.3, -0.25) is 9.36 Å². The normalized spacial score (nSPS) is 16.2. The molecule has 3 heterocycles. The van der Waals surface area contributed by atoms with Gasteiger partial charge in [0.2, 0.25) is 5.95 Å². The van der Waals surface area contributed by atoms with Gasteiger partial charge in [-0.05, 0) is 20.8 Å². The molecule has 2 N–H and O–H groups in total. The summed E-state index contributed by atoms with van der Waals surface area (Å²) in [6, 6.07) is 0.341. The van der Waals surface area contributed by atoms with E-state index in [1.54, 1.807) is 15.4 Å². The number of hydrogen-bond acceptors (Lipinski definition) is 6. The summed E-state index contributed by atoms with van der Waals surface area (Å²) >= 11 is 4.32. The summed E-state index contributed by atoms with van der Waals surface area (Å²) < 4.78 is 3.22. The van der Waals surface area contributed by atoms with Crippen molar-refractivity contribution < 1.29 is 0 Å². The Hall–Kier alpha value is -1.54. The number of aromatic nitrogens is 4. The number of fused-ring (bicyclic) bond motifs is 1. The molecule has 2 aromatic rings. The molecule has 0 spiro atoms. The van der Waals surface area contributed by atoms with Crippen LogP contribution in [0.3, 0.4) is 0 Å². The van der Waals surface area contributed by atoms with E-state index >= 15 is 0 Å². The Kier molecular flexibility index (Phi) is 3.45. The van der Waals surface area contributed by atoms with Crippen molar-refractivity contribution in [1.29, 1.82) is 0 Å². The summed E-state index contributed by atoms with van der Waals surface area (Å²) in [7, 11) is 0. The van der Waals surface area contributed by atoms with Crippen LogP contribution in [0.5, 0.6) is 0 Å². The first kappa shape index (κ1) is 14.4. The third-order valence-corrected chi connectivity index (χ3v) is 4.66.